The summed E-state index contributed by atoms with van der Waals surface area (Å²) in [6.45, 7) is 9.03. The van der Waals surface area contributed by atoms with E-state index >= 15 is 0 Å². The molecule has 3 aliphatic heterocycles. The summed E-state index contributed by atoms with van der Waals surface area (Å²) in [5.41, 5.74) is -0.491. The molecule has 6 heteroatoms. The minimum atomic E-state index is -0.651. The lowest BCUT2D eigenvalue weighted by atomic mass is 9.73. The Kier molecular flexibility index (Phi) is 10.2. The highest BCUT2D eigenvalue weighted by Crippen LogP contribution is 2.32. The highest BCUT2D eigenvalue weighted by atomic mass is 16.7. The van der Waals surface area contributed by atoms with Crippen molar-refractivity contribution in [2.45, 2.75) is 135 Å². The van der Waals surface area contributed by atoms with Crippen LogP contribution in [0.1, 0.15) is 104 Å². The first-order chi connectivity index (χ1) is 14.8. The van der Waals surface area contributed by atoms with Gasteiger partial charge >= 0.3 is 0 Å². The fourth-order valence-corrected chi connectivity index (χ4v) is 4.94. The molecule has 0 bridgehead atoms. The Labute approximate surface area is 191 Å². The van der Waals surface area contributed by atoms with E-state index in [-0.39, 0.29) is 30.2 Å². The fourth-order valence-electron chi connectivity index (χ4n) is 4.94. The molecule has 5 unspecified atom stereocenters. The van der Waals surface area contributed by atoms with Gasteiger partial charge in [-0.1, -0.05) is 33.6 Å². The average molecular weight is 436 g/mol. The molecule has 3 fully saturated rings. The van der Waals surface area contributed by atoms with E-state index in [1.807, 2.05) is 0 Å². The second-order valence-corrected chi connectivity index (χ2v) is 10.8. The maximum Gasteiger partial charge on any atom is 0.158 e. The van der Waals surface area contributed by atoms with E-state index in [2.05, 4.69) is 20.8 Å². The first-order valence-electron chi connectivity index (χ1n) is 12.8. The van der Waals surface area contributed by atoms with Crippen molar-refractivity contribution in [3.8, 4) is 0 Å². The lowest BCUT2D eigenvalue weighted by molar-refractivity contribution is -0.220. The molecule has 0 aromatic heterocycles. The molecule has 0 saturated carbocycles. The second-order valence-electron chi connectivity index (χ2n) is 10.8. The van der Waals surface area contributed by atoms with Crippen molar-refractivity contribution in [1.82, 2.24) is 0 Å². The summed E-state index contributed by atoms with van der Waals surface area (Å²) in [5, 5.41) is 0. The van der Waals surface area contributed by atoms with E-state index < -0.39 is 5.50 Å². The molecule has 2 radical (unpaired) electrons. The number of ether oxygens (including phenoxy) is 5. The van der Waals surface area contributed by atoms with Crippen molar-refractivity contribution in [3.05, 3.63) is 0 Å². The van der Waals surface area contributed by atoms with E-state index in [0.717, 1.165) is 83.8 Å². The van der Waals surface area contributed by atoms with Gasteiger partial charge in [-0.05, 0) is 69.6 Å². The van der Waals surface area contributed by atoms with E-state index in [0.29, 0.717) is 6.61 Å². The van der Waals surface area contributed by atoms with Crippen LogP contribution in [-0.4, -0.2) is 58.0 Å². The predicted molar refractivity (Wildman–Crippen MR) is 123 cm³/mol. The molecule has 5 nitrogen and oxygen atoms in total. The summed E-state index contributed by atoms with van der Waals surface area (Å²) in [5.74, 6) is 0. The third kappa shape index (κ3) is 8.96. The van der Waals surface area contributed by atoms with Gasteiger partial charge in [-0.15, -0.1) is 0 Å². The van der Waals surface area contributed by atoms with Crippen LogP contribution in [-0.2, 0) is 23.7 Å². The van der Waals surface area contributed by atoms with Gasteiger partial charge in [0.15, 0.2) is 12.6 Å². The van der Waals surface area contributed by atoms with Gasteiger partial charge in [0.2, 0.25) is 0 Å². The topological polar surface area (TPSA) is 46.2 Å². The van der Waals surface area contributed by atoms with Crippen molar-refractivity contribution < 1.29 is 23.7 Å². The Bertz CT molecular complexity index is 503. The molecule has 5 atom stereocenters. The molecule has 3 heterocycles. The Morgan fingerprint density at radius 1 is 0.710 bits per heavy atom. The van der Waals surface area contributed by atoms with Crippen LogP contribution in [0.3, 0.4) is 0 Å². The Hall–Kier alpha value is -0.135. The smallest absolute Gasteiger partial charge is 0.158 e. The molecule has 178 valence electrons. The van der Waals surface area contributed by atoms with Crippen molar-refractivity contribution in [3.63, 3.8) is 0 Å². The molecule has 0 spiro atoms. The standard InChI is InChI=1S/C25H45BO5/c1-24(2,3)21-13-12-20(10-8-18-27-21)30-22-14-16-25(26,15-9-19-28-22)31-23-11-6-4-5-7-17-29-23/h20-23H,4-19H2,1-3H3. The second kappa shape index (κ2) is 12.4. The maximum absolute atomic E-state index is 6.73. The van der Waals surface area contributed by atoms with E-state index in [9.17, 15) is 0 Å². The zero-order valence-electron chi connectivity index (χ0n) is 20.2. The van der Waals surface area contributed by atoms with Gasteiger partial charge in [0.1, 0.15) is 7.85 Å². The largest absolute Gasteiger partial charge is 0.378 e. The molecular formula is C25H45BO5. The molecule has 3 saturated heterocycles. The highest BCUT2D eigenvalue weighted by Gasteiger charge is 2.33. The normalized spacial score (nSPS) is 37.5. The molecule has 0 amide bonds. The molecule has 31 heavy (non-hydrogen) atoms. The third-order valence-corrected chi connectivity index (χ3v) is 6.91. The van der Waals surface area contributed by atoms with Crippen LogP contribution in [0, 0.1) is 5.41 Å². The SMILES string of the molecule is [B]C1(OC2CCCCCCO2)CCCOC(OC2CCCOC(C(C)(C)C)CC2)CC1. The number of hydrogen-bond acceptors (Lipinski definition) is 5. The molecule has 0 aliphatic carbocycles. The fraction of sp³-hybridized carbons (Fsp3) is 1.00. The first-order valence-corrected chi connectivity index (χ1v) is 12.8. The van der Waals surface area contributed by atoms with Gasteiger partial charge in [0.05, 0.1) is 12.2 Å². The van der Waals surface area contributed by atoms with Crippen LogP contribution in [0.15, 0.2) is 0 Å². The molecule has 0 aromatic carbocycles. The molecule has 3 aliphatic rings. The van der Waals surface area contributed by atoms with Crippen molar-refractivity contribution >= 4 is 7.85 Å². The summed E-state index contributed by atoms with van der Waals surface area (Å²) >= 11 is 0. The zero-order valence-corrected chi connectivity index (χ0v) is 20.2. The van der Waals surface area contributed by atoms with Gasteiger partial charge < -0.3 is 23.7 Å². The van der Waals surface area contributed by atoms with E-state index in [4.69, 9.17) is 31.5 Å². The predicted octanol–water partition coefficient (Wildman–Crippen LogP) is 5.48. The number of hydrogen-bond donors (Lipinski definition) is 0. The van der Waals surface area contributed by atoms with E-state index in [1.54, 1.807) is 0 Å². The van der Waals surface area contributed by atoms with Crippen LogP contribution in [0.25, 0.3) is 0 Å². The molecule has 3 rings (SSSR count). The Morgan fingerprint density at radius 3 is 2.29 bits per heavy atom. The minimum absolute atomic E-state index is 0.161. The van der Waals surface area contributed by atoms with Gasteiger partial charge in [-0.2, -0.15) is 0 Å². The Morgan fingerprint density at radius 2 is 1.45 bits per heavy atom. The summed E-state index contributed by atoms with van der Waals surface area (Å²) in [6.07, 6.45) is 13.1. The first kappa shape index (κ1) is 25.5. The van der Waals surface area contributed by atoms with Crippen molar-refractivity contribution in [2.24, 2.45) is 5.41 Å². The van der Waals surface area contributed by atoms with Crippen molar-refractivity contribution in [1.29, 1.82) is 0 Å². The summed E-state index contributed by atoms with van der Waals surface area (Å²) < 4.78 is 30.9. The highest BCUT2D eigenvalue weighted by molar-refractivity contribution is 6.14. The average Bonchev–Trinajstić information content (AvgIpc) is 2.64. The van der Waals surface area contributed by atoms with Gasteiger partial charge in [-0.25, -0.2) is 0 Å². The number of rotatable bonds is 4. The van der Waals surface area contributed by atoms with Crippen molar-refractivity contribution in [2.75, 3.05) is 19.8 Å². The quantitative estimate of drug-likeness (QED) is 0.546. The summed E-state index contributed by atoms with van der Waals surface area (Å²) in [6, 6.07) is 0. The van der Waals surface area contributed by atoms with Crippen LogP contribution >= 0.6 is 0 Å². The third-order valence-electron chi connectivity index (χ3n) is 6.91. The van der Waals surface area contributed by atoms with Gasteiger partial charge in [0, 0.05) is 31.7 Å². The van der Waals surface area contributed by atoms with Crippen LogP contribution < -0.4 is 0 Å². The van der Waals surface area contributed by atoms with E-state index in [1.165, 1.54) is 12.8 Å². The molecule has 0 N–H and O–H groups in total. The molecular weight excluding hydrogens is 391 g/mol. The summed E-state index contributed by atoms with van der Waals surface area (Å²) in [4.78, 5) is 0. The lowest BCUT2D eigenvalue weighted by Gasteiger charge is -2.39. The van der Waals surface area contributed by atoms with Crippen LogP contribution in [0.5, 0.6) is 0 Å². The van der Waals surface area contributed by atoms with Crippen LogP contribution in [0.4, 0.5) is 0 Å². The van der Waals surface area contributed by atoms with Gasteiger partial charge in [0.25, 0.3) is 0 Å². The Balaban J connectivity index is 1.50. The van der Waals surface area contributed by atoms with Gasteiger partial charge in [-0.3, -0.25) is 0 Å². The monoisotopic (exact) mass is 436 g/mol. The van der Waals surface area contributed by atoms with Crippen LogP contribution in [0.2, 0.25) is 0 Å². The summed E-state index contributed by atoms with van der Waals surface area (Å²) in [7, 11) is 6.73. The zero-order chi connectivity index (χ0) is 22.2. The molecule has 0 aromatic rings. The lowest BCUT2D eigenvalue weighted by Crippen LogP contribution is -2.42. The minimum Gasteiger partial charge on any atom is -0.378 e. The maximum atomic E-state index is 6.73.